The molecule has 0 bridgehead atoms. The summed E-state index contributed by atoms with van der Waals surface area (Å²) in [4.78, 5) is 0. The number of aromatic hydroxyl groups is 1. The van der Waals surface area contributed by atoms with E-state index >= 15 is 0 Å². The zero-order chi connectivity index (χ0) is 9.84. The van der Waals surface area contributed by atoms with Gasteiger partial charge in [0.15, 0.2) is 0 Å². The third kappa shape index (κ3) is 2.10. The number of aryl methyl sites for hydroxylation is 1. The molecule has 0 aromatic heterocycles. The molecule has 0 spiro atoms. The van der Waals surface area contributed by atoms with Crippen molar-refractivity contribution in [3.05, 3.63) is 42.0 Å². The van der Waals surface area contributed by atoms with Gasteiger partial charge >= 0.3 is 0 Å². The van der Waals surface area contributed by atoms with E-state index in [1.165, 1.54) is 0 Å². The van der Waals surface area contributed by atoms with Gasteiger partial charge in [-0.25, -0.2) is 0 Å². The Kier molecular flexibility index (Phi) is 3.09. The molecule has 13 heavy (non-hydrogen) atoms. The topological polar surface area (TPSA) is 46.2 Å². The predicted molar refractivity (Wildman–Crippen MR) is 54.6 cm³/mol. The zero-order valence-corrected chi connectivity index (χ0v) is 7.83. The number of hydrogen-bond donors (Lipinski definition) is 2. The van der Waals surface area contributed by atoms with E-state index in [0.29, 0.717) is 0 Å². The summed E-state index contributed by atoms with van der Waals surface area (Å²) in [6.07, 6.45) is 2.53. The molecule has 0 aliphatic rings. The molecule has 0 saturated heterocycles. The molecule has 1 atom stereocenters. The van der Waals surface area contributed by atoms with Crippen molar-refractivity contribution in [2.75, 3.05) is 0 Å². The second-order valence-electron chi connectivity index (χ2n) is 3.01. The summed E-state index contributed by atoms with van der Waals surface area (Å²) in [7, 11) is 0. The van der Waals surface area contributed by atoms with Crippen LogP contribution in [0.5, 0.6) is 5.75 Å². The normalized spacial score (nSPS) is 12.5. The molecule has 0 fully saturated rings. The Hall–Kier alpha value is -1.28. The maximum atomic E-state index is 9.60. The van der Waals surface area contributed by atoms with Crippen LogP contribution in [0, 0.1) is 0 Å². The minimum Gasteiger partial charge on any atom is -0.508 e. The first-order valence-electron chi connectivity index (χ1n) is 4.39. The van der Waals surface area contributed by atoms with Crippen molar-refractivity contribution in [1.82, 2.24) is 0 Å². The summed E-state index contributed by atoms with van der Waals surface area (Å²) in [5.74, 6) is 0.256. The minimum atomic E-state index is -0.286. The van der Waals surface area contributed by atoms with E-state index in [0.717, 1.165) is 17.5 Å². The van der Waals surface area contributed by atoms with E-state index < -0.39 is 0 Å². The first-order valence-corrected chi connectivity index (χ1v) is 4.39. The van der Waals surface area contributed by atoms with Gasteiger partial charge in [-0.05, 0) is 18.1 Å². The Morgan fingerprint density at radius 2 is 2.31 bits per heavy atom. The van der Waals surface area contributed by atoms with Crippen LogP contribution in [0.15, 0.2) is 30.9 Å². The fourth-order valence-electron chi connectivity index (χ4n) is 1.22. The summed E-state index contributed by atoms with van der Waals surface area (Å²) in [6.45, 7) is 5.63. The third-order valence-electron chi connectivity index (χ3n) is 2.12. The molecule has 1 aromatic carbocycles. The average molecular weight is 177 g/mol. The van der Waals surface area contributed by atoms with Crippen molar-refractivity contribution >= 4 is 0 Å². The molecule has 2 heteroatoms. The average Bonchev–Trinajstić information content (AvgIpc) is 2.16. The molecular formula is C11H15NO. The molecule has 2 nitrogen and oxygen atoms in total. The van der Waals surface area contributed by atoms with Crippen molar-refractivity contribution in [1.29, 1.82) is 0 Å². The highest BCUT2D eigenvalue weighted by Gasteiger charge is 2.06. The highest BCUT2D eigenvalue weighted by Crippen LogP contribution is 2.24. The van der Waals surface area contributed by atoms with Crippen LogP contribution in [-0.2, 0) is 6.42 Å². The van der Waals surface area contributed by atoms with Crippen LogP contribution in [0.3, 0.4) is 0 Å². The second-order valence-corrected chi connectivity index (χ2v) is 3.01. The van der Waals surface area contributed by atoms with Crippen molar-refractivity contribution < 1.29 is 5.11 Å². The Morgan fingerprint density at radius 1 is 1.62 bits per heavy atom. The van der Waals surface area contributed by atoms with Gasteiger partial charge in [0.1, 0.15) is 5.75 Å². The maximum Gasteiger partial charge on any atom is 0.120 e. The third-order valence-corrected chi connectivity index (χ3v) is 2.12. The number of rotatable bonds is 3. The molecule has 0 amide bonds. The number of phenolic OH excluding ortho intramolecular Hbond substituents is 1. The molecule has 0 saturated carbocycles. The fraction of sp³-hybridized carbons (Fsp3) is 0.273. The molecule has 1 unspecified atom stereocenters. The molecule has 0 aliphatic carbocycles. The van der Waals surface area contributed by atoms with Gasteiger partial charge in [-0.2, -0.15) is 0 Å². The first-order chi connectivity index (χ1) is 6.19. The van der Waals surface area contributed by atoms with Gasteiger partial charge < -0.3 is 10.8 Å². The first kappa shape index (κ1) is 9.81. The highest BCUT2D eigenvalue weighted by molar-refractivity contribution is 5.39. The van der Waals surface area contributed by atoms with Crippen LogP contribution in [0.1, 0.15) is 24.1 Å². The van der Waals surface area contributed by atoms with E-state index in [2.05, 4.69) is 6.58 Å². The lowest BCUT2D eigenvalue weighted by atomic mass is 10.0. The standard InChI is InChI=1S/C11H15NO/c1-3-8-5-6-9(10(12)4-2)11(13)7-8/h4-7,10,13H,2-3,12H2,1H3. The van der Waals surface area contributed by atoms with E-state index in [-0.39, 0.29) is 11.8 Å². The van der Waals surface area contributed by atoms with Gasteiger partial charge in [0.2, 0.25) is 0 Å². The molecule has 0 radical (unpaired) electrons. The Balaban J connectivity index is 3.04. The van der Waals surface area contributed by atoms with Crippen molar-refractivity contribution in [3.8, 4) is 5.75 Å². The summed E-state index contributed by atoms with van der Waals surface area (Å²) < 4.78 is 0. The van der Waals surface area contributed by atoms with Crippen LogP contribution in [0.4, 0.5) is 0 Å². The maximum absolute atomic E-state index is 9.60. The molecule has 0 aliphatic heterocycles. The van der Waals surface area contributed by atoms with Crippen molar-refractivity contribution in [2.45, 2.75) is 19.4 Å². The van der Waals surface area contributed by atoms with E-state index in [1.807, 2.05) is 19.1 Å². The Bertz CT molecular complexity index is 307. The van der Waals surface area contributed by atoms with Crippen molar-refractivity contribution in [2.24, 2.45) is 5.73 Å². The van der Waals surface area contributed by atoms with Gasteiger partial charge in [-0.3, -0.25) is 0 Å². The smallest absolute Gasteiger partial charge is 0.120 e. The molecule has 0 heterocycles. The molecule has 70 valence electrons. The monoisotopic (exact) mass is 177 g/mol. The van der Waals surface area contributed by atoms with Gasteiger partial charge in [0.25, 0.3) is 0 Å². The van der Waals surface area contributed by atoms with Gasteiger partial charge in [-0.1, -0.05) is 25.1 Å². The number of benzene rings is 1. The van der Waals surface area contributed by atoms with E-state index in [1.54, 1.807) is 12.1 Å². The number of nitrogens with two attached hydrogens (primary N) is 1. The lowest BCUT2D eigenvalue weighted by Gasteiger charge is -2.09. The Morgan fingerprint density at radius 3 is 2.77 bits per heavy atom. The lowest BCUT2D eigenvalue weighted by molar-refractivity contribution is 0.465. The van der Waals surface area contributed by atoms with E-state index in [4.69, 9.17) is 5.73 Å². The molecule has 1 rings (SSSR count). The molecular weight excluding hydrogens is 162 g/mol. The van der Waals surface area contributed by atoms with Crippen LogP contribution in [0.2, 0.25) is 0 Å². The van der Waals surface area contributed by atoms with Gasteiger partial charge in [-0.15, -0.1) is 6.58 Å². The SMILES string of the molecule is C=CC(N)c1ccc(CC)cc1O. The minimum absolute atomic E-state index is 0.256. The van der Waals surface area contributed by atoms with Gasteiger partial charge in [0, 0.05) is 5.56 Å². The molecule has 1 aromatic rings. The fourth-order valence-corrected chi connectivity index (χ4v) is 1.22. The van der Waals surface area contributed by atoms with Crippen LogP contribution < -0.4 is 5.73 Å². The largest absolute Gasteiger partial charge is 0.508 e. The van der Waals surface area contributed by atoms with Crippen LogP contribution in [0.25, 0.3) is 0 Å². The summed E-state index contributed by atoms with van der Waals surface area (Å²) >= 11 is 0. The Labute approximate surface area is 78.7 Å². The number of hydrogen-bond acceptors (Lipinski definition) is 2. The summed E-state index contributed by atoms with van der Waals surface area (Å²) in [5, 5.41) is 9.60. The second kappa shape index (κ2) is 4.10. The van der Waals surface area contributed by atoms with Crippen molar-refractivity contribution in [3.63, 3.8) is 0 Å². The van der Waals surface area contributed by atoms with E-state index in [9.17, 15) is 5.11 Å². The molecule has 3 N–H and O–H groups in total. The zero-order valence-electron chi connectivity index (χ0n) is 7.83. The van der Waals surface area contributed by atoms with Crippen LogP contribution in [-0.4, -0.2) is 5.11 Å². The predicted octanol–water partition coefficient (Wildman–Crippen LogP) is 2.14. The number of phenols is 1. The van der Waals surface area contributed by atoms with Crippen LogP contribution >= 0.6 is 0 Å². The lowest BCUT2D eigenvalue weighted by Crippen LogP contribution is -2.06. The summed E-state index contributed by atoms with van der Waals surface area (Å²) in [5.41, 5.74) is 7.55. The highest BCUT2D eigenvalue weighted by atomic mass is 16.3. The quantitative estimate of drug-likeness (QED) is 0.695. The summed E-state index contributed by atoms with van der Waals surface area (Å²) in [6, 6.07) is 5.28. The van der Waals surface area contributed by atoms with Gasteiger partial charge in [0.05, 0.1) is 6.04 Å².